The minimum absolute atomic E-state index is 0.0517. The van der Waals surface area contributed by atoms with E-state index in [1.807, 2.05) is 88.4 Å². The Morgan fingerprint density at radius 3 is 2.24 bits per heavy atom. The van der Waals surface area contributed by atoms with Crippen molar-refractivity contribution in [1.82, 2.24) is 10.2 Å². The smallest absolute Gasteiger partial charge is 0.243 e. The summed E-state index contributed by atoms with van der Waals surface area (Å²) in [7, 11) is -3.58. The van der Waals surface area contributed by atoms with Crippen LogP contribution in [-0.2, 0) is 32.6 Å². The van der Waals surface area contributed by atoms with Gasteiger partial charge in [0, 0.05) is 37.0 Å². The van der Waals surface area contributed by atoms with Gasteiger partial charge in [0.2, 0.25) is 21.8 Å². The summed E-state index contributed by atoms with van der Waals surface area (Å²) in [5.74, 6) is -0.441. The van der Waals surface area contributed by atoms with Crippen LogP contribution < -0.4 is 9.62 Å². The van der Waals surface area contributed by atoms with Crippen LogP contribution in [0.3, 0.4) is 0 Å². The number of rotatable bonds is 14. The number of amides is 2. The molecule has 0 aliphatic carbocycles. The van der Waals surface area contributed by atoms with Gasteiger partial charge in [-0.15, -0.1) is 0 Å². The highest BCUT2D eigenvalue weighted by atomic mass is 35.5. The van der Waals surface area contributed by atoms with Gasteiger partial charge in [-0.2, -0.15) is 0 Å². The van der Waals surface area contributed by atoms with Crippen molar-refractivity contribution >= 4 is 39.1 Å². The second kappa shape index (κ2) is 15.2. The first-order chi connectivity index (χ1) is 19.9. The molecule has 1 N–H and O–H groups in total. The average Bonchev–Trinajstić information content (AvgIpc) is 2.95. The molecule has 0 saturated carbocycles. The Bertz CT molecular complexity index is 1450. The molecular formula is C33H42ClN3O4S. The summed E-state index contributed by atoms with van der Waals surface area (Å²) in [6.07, 6.45) is 2.65. The van der Waals surface area contributed by atoms with Crippen molar-refractivity contribution in [2.24, 2.45) is 0 Å². The Balaban J connectivity index is 1.90. The number of benzene rings is 3. The van der Waals surface area contributed by atoms with Crippen LogP contribution in [0.5, 0.6) is 0 Å². The fourth-order valence-electron chi connectivity index (χ4n) is 4.75. The van der Waals surface area contributed by atoms with Gasteiger partial charge in [0.1, 0.15) is 6.04 Å². The molecule has 0 unspecified atom stereocenters. The van der Waals surface area contributed by atoms with E-state index >= 15 is 0 Å². The maximum Gasteiger partial charge on any atom is 0.243 e. The van der Waals surface area contributed by atoms with E-state index in [4.69, 9.17) is 11.6 Å². The molecule has 3 aromatic carbocycles. The zero-order chi connectivity index (χ0) is 30.9. The largest absolute Gasteiger partial charge is 0.352 e. The van der Waals surface area contributed by atoms with E-state index in [9.17, 15) is 18.0 Å². The van der Waals surface area contributed by atoms with Crippen LogP contribution in [0.25, 0.3) is 0 Å². The molecule has 42 heavy (non-hydrogen) atoms. The fraction of sp³-hybridized carbons (Fsp3) is 0.394. The van der Waals surface area contributed by atoms with Gasteiger partial charge in [-0.3, -0.25) is 13.9 Å². The van der Waals surface area contributed by atoms with Gasteiger partial charge in [-0.25, -0.2) is 8.42 Å². The molecule has 0 fully saturated rings. The minimum atomic E-state index is -3.58. The van der Waals surface area contributed by atoms with Gasteiger partial charge in [0.25, 0.3) is 0 Å². The Morgan fingerprint density at radius 2 is 1.62 bits per heavy atom. The van der Waals surface area contributed by atoms with E-state index in [2.05, 4.69) is 5.32 Å². The molecule has 3 rings (SSSR count). The summed E-state index contributed by atoms with van der Waals surface area (Å²) in [5.41, 5.74) is 4.18. The molecule has 0 bridgehead atoms. The number of halogens is 1. The van der Waals surface area contributed by atoms with Crippen LogP contribution in [0.4, 0.5) is 5.69 Å². The molecule has 0 radical (unpaired) electrons. The predicted molar refractivity (Wildman–Crippen MR) is 171 cm³/mol. The zero-order valence-electron chi connectivity index (χ0n) is 25.1. The number of nitrogens with one attached hydrogen (secondary N) is 1. The quantitative estimate of drug-likeness (QED) is 0.240. The van der Waals surface area contributed by atoms with E-state index in [0.717, 1.165) is 28.7 Å². The molecule has 9 heteroatoms. The topological polar surface area (TPSA) is 86.8 Å². The summed E-state index contributed by atoms with van der Waals surface area (Å²) >= 11 is 6.11. The van der Waals surface area contributed by atoms with Crippen LogP contribution in [0.1, 0.15) is 55.4 Å². The molecule has 226 valence electrons. The maximum atomic E-state index is 13.9. The number of aryl methyl sites for hydroxylation is 2. The van der Waals surface area contributed by atoms with Crippen molar-refractivity contribution < 1.29 is 18.0 Å². The molecule has 2 amide bonds. The van der Waals surface area contributed by atoms with Crippen LogP contribution in [-0.4, -0.2) is 50.0 Å². The molecule has 0 aliphatic rings. The lowest BCUT2D eigenvalue weighted by molar-refractivity contribution is -0.141. The first-order valence-electron chi connectivity index (χ1n) is 14.3. The third-order valence-corrected chi connectivity index (χ3v) is 8.76. The summed E-state index contributed by atoms with van der Waals surface area (Å²) in [4.78, 5) is 29.2. The minimum Gasteiger partial charge on any atom is -0.352 e. The second-order valence-electron chi connectivity index (χ2n) is 10.9. The predicted octanol–water partition coefficient (Wildman–Crippen LogP) is 6.06. The molecular weight excluding hydrogens is 570 g/mol. The van der Waals surface area contributed by atoms with Crippen molar-refractivity contribution in [1.29, 1.82) is 0 Å². The average molecular weight is 612 g/mol. The summed E-state index contributed by atoms with van der Waals surface area (Å²) < 4.78 is 26.9. The highest BCUT2D eigenvalue weighted by Crippen LogP contribution is 2.25. The lowest BCUT2D eigenvalue weighted by atomic mass is 10.0. The Labute approximate surface area is 255 Å². The Morgan fingerprint density at radius 1 is 0.952 bits per heavy atom. The highest BCUT2D eigenvalue weighted by molar-refractivity contribution is 7.92. The normalized spacial score (nSPS) is 12.8. The van der Waals surface area contributed by atoms with E-state index < -0.39 is 16.1 Å². The van der Waals surface area contributed by atoms with Gasteiger partial charge in [0.15, 0.2) is 0 Å². The highest BCUT2D eigenvalue weighted by Gasteiger charge is 2.31. The SMILES string of the molecule is CC[C@@H](C)NC(=O)[C@H](Cc1ccccc1)N(Cc1ccc(Cl)cc1)C(=O)CCCN(c1cc(C)ccc1C)S(C)(=O)=O. The van der Waals surface area contributed by atoms with Gasteiger partial charge >= 0.3 is 0 Å². The summed E-state index contributed by atoms with van der Waals surface area (Å²) in [5, 5.41) is 3.65. The van der Waals surface area contributed by atoms with Crippen molar-refractivity contribution in [3.8, 4) is 0 Å². The second-order valence-corrected chi connectivity index (χ2v) is 13.2. The molecule has 0 spiro atoms. The molecule has 0 aromatic heterocycles. The molecule has 2 atom stereocenters. The third kappa shape index (κ3) is 9.60. The van der Waals surface area contributed by atoms with Crippen LogP contribution in [0, 0.1) is 13.8 Å². The number of carbonyl (C=O) groups is 2. The van der Waals surface area contributed by atoms with E-state index in [1.165, 1.54) is 10.6 Å². The number of sulfonamides is 1. The van der Waals surface area contributed by atoms with E-state index in [-0.39, 0.29) is 37.4 Å². The lowest BCUT2D eigenvalue weighted by Gasteiger charge is -2.33. The van der Waals surface area contributed by atoms with Crippen LogP contribution >= 0.6 is 11.6 Å². The maximum absolute atomic E-state index is 13.9. The van der Waals surface area contributed by atoms with Crippen molar-refractivity contribution in [3.05, 3.63) is 100 Å². The standard InChI is InChI=1S/C33H42ClN3O4S/c1-6-26(4)35-33(39)31(22-27-11-8-7-9-12-27)36(23-28-16-18-29(34)19-17-28)32(38)13-10-20-37(42(5,40)41)30-21-24(2)14-15-25(30)3/h7-9,11-12,14-19,21,26,31H,6,10,13,20,22-23H2,1-5H3,(H,35,39)/t26-,31+/m1/s1. The summed E-state index contributed by atoms with van der Waals surface area (Å²) in [6, 6.07) is 21.7. The van der Waals surface area contributed by atoms with Crippen LogP contribution in [0.15, 0.2) is 72.8 Å². The lowest BCUT2D eigenvalue weighted by Crippen LogP contribution is -2.52. The van der Waals surface area contributed by atoms with E-state index in [1.54, 1.807) is 17.0 Å². The number of nitrogens with zero attached hydrogens (tertiary/aromatic N) is 2. The monoisotopic (exact) mass is 611 g/mol. The molecule has 0 saturated heterocycles. The van der Waals surface area contributed by atoms with Gasteiger partial charge in [0.05, 0.1) is 11.9 Å². The number of anilines is 1. The number of carbonyl (C=O) groups excluding carboxylic acids is 2. The molecule has 0 heterocycles. The van der Waals surface area contributed by atoms with E-state index in [0.29, 0.717) is 23.6 Å². The van der Waals surface area contributed by atoms with Gasteiger partial charge in [-0.05, 0) is 74.1 Å². The Kier molecular flexibility index (Phi) is 12.0. The zero-order valence-corrected chi connectivity index (χ0v) is 26.7. The molecule has 7 nitrogen and oxygen atoms in total. The van der Waals surface area contributed by atoms with Crippen molar-refractivity contribution in [2.75, 3.05) is 17.1 Å². The number of hydrogen-bond acceptors (Lipinski definition) is 4. The molecule has 0 aliphatic heterocycles. The van der Waals surface area contributed by atoms with Gasteiger partial charge in [-0.1, -0.05) is 73.1 Å². The fourth-order valence-corrected chi connectivity index (χ4v) is 5.89. The summed E-state index contributed by atoms with van der Waals surface area (Å²) in [6.45, 7) is 8.09. The Hall–Kier alpha value is -3.36. The van der Waals surface area contributed by atoms with Crippen molar-refractivity contribution in [2.45, 2.75) is 72.0 Å². The third-order valence-electron chi connectivity index (χ3n) is 7.32. The van der Waals surface area contributed by atoms with Crippen molar-refractivity contribution in [3.63, 3.8) is 0 Å². The first kappa shape index (κ1) is 33.1. The first-order valence-corrected chi connectivity index (χ1v) is 16.5. The van der Waals surface area contributed by atoms with Gasteiger partial charge < -0.3 is 10.2 Å². The van der Waals surface area contributed by atoms with Crippen LogP contribution in [0.2, 0.25) is 5.02 Å². The molecule has 3 aromatic rings. The number of hydrogen-bond donors (Lipinski definition) is 1.